The van der Waals surface area contributed by atoms with Gasteiger partial charge in [-0.05, 0) is 34.4 Å². The summed E-state index contributed by atoms with van der Waals surface area (Å²) < 4.78 is 0. The molecule has 4 heteroatoms. The van der Waals surface area contributed by atoms with Gasteiger partial charge in [-0.25, -0.2) is 4.99 Å². The summed E-state index contributed by atoms with van der Waals surface area (Å²) >= 11 is 5.97. The van der Waals surface area contributed by atoms with Crippen molar-refractivity contribution in [2.45, 2.75) is 12.4 Å². The molecule has 0 aliphatic heterocycles. The van der Waals surface area contributed by atoms with Gasteiger partial charge >= 0.3 is 0 Å². The van der Waals surface area contributed by atoms with Crippen LogP contribution in [0.5, 0.6) is 0 Å². The lowest BCUT2D eigenvalue weighted by Crippen LogP contribution is -2.23. The number of alkyl halides is 1. The van der Waals surface area contributed by atoms with Crippen molar-refractivity contribution < 1.29 is 0 Å². The van der Waals surface area contributed by atoms with Crippen LogP contribution in [-0.2, 0) is 12.4 Å². The Balaban J connectivity index is 1.50. The Bertz CT molecular complexity index is 1380. The lowest BCUT2D eigenvalue weighted by atomic mass is 10.0. The quantitative estimate of drug-likeness (QED) is 0.133. The van der Waals surface area contributed by atoms with Crippen LogP contribution in [0.15, 0.2) is 138 Å². The molecule has 37 heavy (non-hydrogen) atoms. The van der Waals surface area contributed by atoms with E-state index in [1.54, 1.807) is 0 Å². The number of nitrogens with zero attached hydrogens (tertiary/aromatic N) is 1. The summed E-state index contributed by atoms with van der Waals surface area (Å²) in [5.41, 5.74) is 8.68. The van der Waals surface area contributed by atoms with Crippen molar-refractivity contribution in [3.8, 4) is 22.3 Å². The summed E-state index contributed by atoms with van der Waals surface area (Å²) in [4.78, 5) is 4.97. The lowest BCUT2D eigenvalue weighted by Gasteiger charge is -2.18. The smallest absolute Gasteiger partial charge is 0.200 e. The van der Waals surface area contributed by atoms with Crippen LogP contribution in [0.1, 0.15) is 11.1 Å². The highest BCUT2D eigenvalue weighted by Gasteiger charge is 2.11. The Hall–Kier alpha value is -4.34. The number of guanidine groups is 1. The van der Waals surface area contributed by atoms with Crippen LogP contribution in [0.3, 0.4) is 0 Å². The standard InChI is InChI=1S/C33H28ClN3/c34-23-25-19-21-26(22-20-25)24-35-33(36-31-17-9-7-15-29(31)27-11-3-1-4-12-27)37-32-18-10-8-16-30(32)28-13-5-2-6-14-28/h1-22H,23-24H2,(H2,35,36,37). The van der Waals surface area contributed by atoms with Gasteiger partial charge in [-0.15, -0.1) is 11.6 Å². The highest BCUT2D eigenvalue weighted by molar-refractivity contribution is 6.17. The number of rotatable bonds is 7. The SMILES string of the molecule is ClCc1ccc(CN=C(Nc2ccccc2-c2ccccc2)Nc2ccccc2-c2ccccc2)cc1. The van der Waals surface area contributed by atoms with Gasteiger partial charge in [0.25, 0.3) is 0 Å². The number of hydrogen-bond acceptors (Lipinski definition) is 1. The van der Waals surface area contributed by atoms with Crippen molar-refractivity contribution in [3.05, 3.63) is 145 Å². The molecule has 5 aromatic carbocycles. The molecule has 5 aromatic rings. The van der Waals surface area contributed by atoms with Crippen molar-refractivity contribution in [1.29, 1.82) is 0 Å². The third-order valence-corrected chi connectivity index (χ3v) is 6.44. The number of nitrogens with one attached hydrogen (secondary N) is 2. The number of halogens is 1. The number of aliphatic imine (C=N–C) groups is 1. The van der Waals surface area contributed by atoms with Crippen LogP contribution in [0.2, 0.25) is 0 Å². The van der Waals surface area contributed by atoms with Gasteiger partial charge in [0.05, 0.1) is 6.54 Å². The highest BCUT2D eigenvalue weighted by atomic mass is 35.5. The highest BCUT2D eigenvalue weighted by Crippen LogP contribution is 2.30. The van der Waals surface area contributed by atoms with Crippen molar-refractivity contribution in [2.75, 3.05) is 10.6 Å². The maximum Gasteiger partial charge on any atom is 0.200 e. The number of benzene rings is 5. The van der Waals surface area contributed by atoms with Gasteiger partial charge in [0.15, 0.2) is 0 Å². The fourth-order valence-electron chi connectivity index (χ4n) is 4.19. The molecule has 0 saturated heterocycles. The number of hydrogen-bond donors (Lipinski definition) is 2. The Morgan fingerprint density at radius 2 is 0.946 bits per heavy atom. The normalized spacial score (nSPS) is 10.5. The lowest BCUT2D eigenvalue weighted by molar-refractivity contribution is 1.06. The zero-order valence-electron chi connectivity index (χ0n) is 20.4. The van der Waals surface area contributed by atoms with Crippen LogP contribution in [0.4, 0.5) is 11.4 Å². The first-order chi connectivity index (χ1) is 18.3. The minimum atomic E-state index is 0.504. The monoisotopic (exact) mass is 501 g/mol. The van der Waals surface area contributed by atoms with Gasteiger partial charge in [0, 0.05) is 28.4 Å². The number of para-hydroxylation sites is 2. The van der Waals surface area contributed by atoms with E-state index < -0.39 is 0 Å². The molecule has 2 N–H and O–H groups in total. The second-order valence-corrected chi connectivity index (χ2v) is 8.96. The minimum absolute atomic E-state index is 0.504. The second-order valence-electron chi connectivity index (χ2n) is 8.69. The molecule has 0 fully saturated rings. The molecule has 0 spiro atoms. The molecule has 0 radical (unpaired) electrons. The van der Waals surface area contributed by atoms with Crippen LogP contribution in [0, 0.1) is 0 Å². The van der Waals surface area contributed by atoms with Gasteiger partial charge in [-0.2, -0.15) is 0 Å². The van der Waals surface area contributed by atoms with E-state index in [-0.39, 0.29) is 0 Å². The van der Waals surface area contributed by atoms with Crippen molar-refractivity contribution in [3.63, 3.8) is 0 Å². The van der Waals surface area contributed by atoms with Crippen molar-refractivity contribution in [1.82, 2.24) is 0 Å². The largest absolute Gasteiger partial charge is 0.325 e. The zero-order valence-corrected chi connectivity index (χ0v) is 21.2. The predicted molar refractivity (Wildman–Crippen MR) is 158 cm³/mol. The van der Waals surface area contributed by atoms with Gasteiger partial charge < -0.3 is 10.6 Å². The van der Waals surface area contributed by atoms with E-state index >= 15 is 0 Å². The van der Waals surface area contributed by atoms with E-state index in [9.17, 15) is 0 Å². The summed E-state index contributed by atoms with van der Waals surface area (Å²) in [6, 6.07) is 45.6. The van der Waals surface area contributed by atoms with Crippen LogP contribution >= 0.6 is 11.6 Å². The maximum atomic E-state index is 5.97. The molecule has 0 heterocycles. The molecule has 5 rings (SSSR count). The van der Waals surface area contributed by atoms with Gasteiger partial charge in [0.2, 0.25) is 5.96 Å². The van der Waals surface area contributed by atoms with Crippen LogP contribution in [-0.4, -0.2) is 5.96 Å². The molecule has 0 atom stereocenters. The first-order valence-corrected chi connectivity index (χ1v) is 12.8. The summed E-state index contributed by atoms with van der Waals surface area (Å²) in [5.74, 6) is 1.18. The molecule has 0 unspecified atom stereocenters. The second kappa shape index (κ2) is 12.1. The average molecular weight is 502 g/mol. The molecule has 0 aliphatic rings. The molecule has 182 valence electrons. The average Bonchev–Trinajstić information content (AvgIpc) is 2.97. The molecule has 3 nitrogen and oxygen atoms in total. The van der Waals surface area contributed by atoms with Crippen molar-refractivity contribution in [2.24, 2.45) is 4.99 Å². The predicted octanol–water partition coefficient (Wildman–Crippen LogP) is 8.84. The topological polar surface area (TPSA) is 36.4 Å². The van der Waals surface area contributed by atoms with Crippen molar-refractivity contribution >= 4 is 28.9 Å². The summed E-state index contributed by atoms with van der Waals surface area (Å²) in [5, 5.41) is 7.17. The van der Waals surface area contributed by atoms with Gasteiger partial charge in [-0.1, -0.05) is 121 Å². The van der Waals surface area contributed by atoms with Gasteiger partial charge in [0.1, 0.15) is 0 Å². The third kappa shape index (κ3) is 6.27. The van der Waals surface area contributed by atoms with Crippen LogP contribution < -0.4 is 10.6 Å². The first-order valence-electron chi connectivity index (χ1n) is 12.3. The summed E-state index contributed by atoms with van der Waals surface area (Å²) in [6.45, 7) is 0.527. The Morgan fingerprint density at radius 3 is 1.43 bits per heavy atom. The summed E-state index contributed by atoms with van der Waals surface area (Å²) in [7, 11) is 0. The molecule has 0 bridgehead atoms. The Labute approximate surface area is 223 Å². The Kier molecular flexibility index (Phi) is 7.94. The van der Waals surface area contributed by atoms with E-state index in [2.05, 4.69) is 108 Å². The van der Waals surface area contributed by atoms with Gasteiger partial charge in [-0.3, -0.25) is 0 Å². The molecular weight excluding hydrogens is 474 g/mol. The third-order valence-electron chi connectivity index (χ3n) is 6.13. The zero-order chi connectivity index (χ0) is 25.3. The summed E-state index contributed by atoms with van der Waals surface area (Å²) in [6.07, 6.45) is 0. The fourth-order valence-corrected chi connectivity index (χ4v) is 4.37. The van der Waals surface area contributed by atoms with Crippen LogP contribution in [0.25, 0.3) is 22.3 Å². The number of anilines is 2. The van der Waals surface area contributed by atoms with E-state index in [0.29, 0.717) is 18.4 Å². The maximum absolute atomic E-state index is 5.97. The first kappa shape index (κ1) is 24.4. The fraction of sp³-hybridized carbons (Fsp3) is 0.0606. The van der Waals surface area contributed by atoms with E-state index in [1.807, 2.05) is 36.4 Å². The molecule has 0 amide bonds. The van der Waals surface area contributed by atoms with E-state index in [0.717, 1.165) is 44.8 Å². The molecule has 0 aromatic heterocycles. The molecular formula is C33H28ClN3. The molecule has 0 saturated carbocycles. The van der Waals surface area contributed by atoms with E-state index in [1.165, 1.54) is 0 Å². The molecule has 0 aliphatic carbocycles. The minimum Gasteiger partial charge on any atom is -0.325 e. The van der Waals surface area contributed by atoms with E-state index in [4.69, 9.17) is 16.6 Å². The Morgan fingerprint density at radius 1 is 0.514 bits per heavy atom.